The minimum absolute atomic E-state index is 0.184. The Hall–Kier alpha value is -2.19. The molecule has 0 saturated carbocycles. The van der Waals surface area contributed by atoms with Crippen molar-refractivity contribution in [3.63, 3.8) is 0 Å². The molecule has 31 heavy (non-hydrogen) atoms. The number of rotatable bonds is 6. The highest BCUT2D eigenvalue weighted by Crippen LogP contribution is 2.37. The first-order valence-corrected chi connectivity index (χ1v) is 11.1. The number of alkyl carbamates (subject to hydrolysis) is 1. The molecule has 9 heteroatoms. The molecule has 0 spiro atoms. The predicted octanol–water partition coefficient (Wildman–Crippen LogP) is 2.75. The molecule has 2 aliphatic rings. The van der Waals surface area contributed by atoms with Gasteiger partial charge in [-0.1, -0.05) is 11.6 Å². The van der Waals surface area contributed by atoms with Crippen LogP contribution in [0, 0.1) is 5.92 Å². The smallest absolute Gasteiger partial charge is 0.407 e. The lowest BCUT2D eigenvalue weighted by Gasteiger charge is -2.29. The summed E-state index contributed by atoms with van der Waals surface area (Å²) in [4.78, 5) is 28.9. The quantitative estimate of drug-likeness (QED) is 0.690. The number of ether oxygens (including phenoxy) is 2. The molecule has 2 N–H and O–H groups in total. The van der Waals surface area contributed by atoms with E-state index >= 15 is 0 Å². The van der Waals surface area contributed by atoms with Crippen LogP contribution in [0.25, 0.3) is 0 Å². The fraction of sp³-hybridized carbons (Fsp3) is 0.636. The van der Waals surface area contributed by atoms with Crippen molar-refractivity contribution in [2.75, 3.05) is 57.8 Å². The second kappa shape index (κ2) is 9.96. The van der Waals surface area contributed by atoms with E-state index < -0.39 is 5.60 Å². The number of halogens is 1. The summed E-state index contributed by atoms with van der Waals surface area (Å²) < 4.78 is 11.0. The third kappa shape index (κ3) is 6.64. The van der Waals surface area contributed by atoms with E-state index in [4.69, 9.17) is 21.1 Å². The number of likely N-dealkylation sites (tertiary alicyclic amines) is 1. The van der Waals surface area contributed by atoms with Crippen LogP contribution in [0.4, 0.5) is 10.5 Å². The van der Waals surface area contributed by atoms with Crippen LogP contribution in [-0.2, 0) is 4.74 Å². The highest BCUT2D eigenvalue weighted by molar-refractivity contribution is 6.31. The molecule has 0 aromatic heterocycles. The predicted molar refractivity (Wildman–Crippen MR) is 121 cm³/mol. The SMILES string of the molecule is CN1CCOc2c(C(=O)NCCN3CCC(CNC(=O)OC(C)(C)C)C3)cc(Cl)cc21. The molecule has 172 valence electrons. The maximum Gasteiger partial charge on any atom is 0.407 e. The molecule has 1 atom stereocenters. The van der Waals surface area contributed by atoms with Gasteiger partial charge in [0, 0.05) is 38.2 Å². The molecule has 1 aromatic rings. The highest BCUT2D eigenvalue weighted by Gasteiger charge is 2.25. The first kappa shape index (κ1) is 23.5. The van der Waals surface area contributed by atoms with E-state index in [9.17, 15) is 9.59 Å². The first-order chi connectivity index (χ1) is 14.6. The minimum Gasteiger partial charge on any atom is -0.489 e. The largest absolute Gasteiger partial charge is 0.489 e. The standard InChI is InChI=1S/C22H33ClN4O4/c1-22(2,3)31-21(29)25-13-15-5-7-27(14-15)8-6-24-20(28)17-11-16(23)12-18-19(17)30-10-9-26(18)4/h11-12,15H,5-10,13-14H2,1-4H3,(H,24,28)(H,25,29). The van der Waals surface area contributed by atoms with Gasteiger partial charge in [-0.15, -0.1) is 0 Å². The maximum absolute atomic E-state index is 12.8. The van der Waals surface area contributed by atoms with Crippen LogP contribution in [0.15, 0.2) is 12.1 Å². The Labute approximate surface area is 189 Å². The number of hydrogen-bond donors (Lipinski definition) is 2. The van der Waals surface area contributed by atoms with E-state index in [1.165, 1.54) is 0 Å². The Morgan fingerprint density at radius 1 is 1.26 bits per heavy atom. The summed E-state index contributed by atoms with van der Waals surface area (Å²) in [7, 11) is 1.96. The van der Waals surface area contributed by atoms with Crippen molar-refractivity contribution in [1.29, 1.82) is 0 Å². The fourth-order valence-corrected chi connectivity index (χ4v) is 4.05. The molecule has 0 aliphatic carbocycles. The number of nitrogens with zero attached hydrogens (tertiary/aromatic N) is 2. The van der Waals surface area contributed by atoms with Gasteiger partial charge in [0.15, 0.2) is 5.75 Å². The summed E-state index contributed by atoms with van der Waals surface area (Å²) in [6, 6.07) is 3.48. The zero-order valence-electron chi connectivity index (χ0n) is 18.8. The zero-order valence-corrected chi connectivity index (χ0v) is 19.6. The lowest BCUT2D eigenvalue weighted by atomic mass is 10.1. The van der Waals surface area contributed by atoms with E-state index in [0.29, 0.717) is 41.9 Å². The molecule has 2 heterocycles. The van der Waals surface area contributed by atoms with Gasteiger partial charge < -0.3 is 29.9 Å². The zero-order chi connectivity index (χ0) is 22.6. The van der Waals surface area contributed by atoms with Gasteiger partial charge in [-0.25, -0.2) is 4.79 Å². The monoisotopic (exact) mass is 452 g/mol. The first-order valence-electron chi connectivity index (χ1n) is 10.8. The van der Waals surface area contributed by atoms with Crippen molar-refractivity contribution in [2.24, 2.45) is 5.92 Å². The molecule has 2 aliphatic heterocycles. The molecule has 2 amide bonds. The molecule has 1 saturated heterocycles. The Morgan fingerprint density at radius 3 is 2.77 bits per heavy atom. The summed E-state index contributed by atoms with van der Waals surface area (Å²) in [6.45, 7) is 10.5. The molecule has 1 unspecified atom stereocenters. The van der Waals surface area contributed by atoms with Gasteiger partial charge in [-0.05, 0) is 51.8 Å². The fourth-order valence-electron chi connectivity index (χ4n) is 3.84. The third-order valence-corrected chi connectivity index (χ3v) is 5.60. The Kier molecular flexibility index (Phi) is 7.54. The summed E-state index contributed by atoms with van der Waals surface area (Å²) in [5.74, 6) is 0.786. The molecule has 0 bridgehead atoms. The van der Waals surface area contributed by atoms with Gasteiger partial charge in [0.05, 0.1) is 17.8 Å². The average Bonchev–Trinajstić information content (AvgIpc) is 3.13. The lowest BCUT2D eigenvalue weighted by molar-refractivity contribution is 0.0519. The summed E-state index contributed by atoms with van der Waals surface area (Å²) in [5, 5.41) is 6.34. The number of hydrogen-bond acceptors (Lipinski definition) is 6. The number of amides is 2. The van der Waals surface area contributed by atoms with E-state index in [0.717, 1.165) is 38.3 Å². The average molecular weight is 453 g/mol. The van der Waals surface area contributed by atoms with Gasteiger partial charge in [0.25, 0.3) is 5.91 Å². The van der Waals surface area contributed by atoms with Gasteiger partial charge in [-0.3, -0.25) is 4.79 Å². The molecular weight excluding hydrogens is 420 g/mol. The van der Waals surface area contributed by atoms with E-state index in [-0.39, 0.29) is 12.0 Å². The van der Waals surface area contributed by atoms with E-state index in [1.807, 2.05) is 38.8 Å². The van der Waals surface area contributed by atoms with Crippen LogP contribution in [0.3, 0.4) is 0 Å². The van der Waals surface area contributed by atoms with Gasteiger partial charge >= 0.3 is 6.09 Å². The van der Waals surface area contributed by atoms with Crippen LogP contribution in [-0.4, -0.2) is 75.4 Å². The van der Waals surface area contributed by atoms with E-state index in [2.05, 4.69) is 15.5 Å². The molecular formula is C22H33ClN4O4. The van der Waals surface area contributed by atoms with Crippen molar-refractivity contribution >= 4 is 29.3 Å². The maximum atomic E-state index is 12.8. The second-order valence-electron chi connectivity index (χ2n) is 9.17. The van der Waals surface area contributed by atoms with Crippen LogP contribution in [0.2, 0.25) is 5.02 Å². The highest BCUT2D eigenvalue weighted by atomic mass is 35.5. The Balaban J connectivity index is 1.43. The van der Waals surface area contributed by atoms with Crippen LogP contribution < -0.4 is 20.3 Å². The Morgan fingerprint density at radius 2 is 2.03 bits per heavy atom. The van der Waals surface area contributed by atoms with Crippen molar-refractivity contribution in [2.45, 2.75) is 32.8 Å². The second-order valence-corrected chi connectivity index (χ2v) is 9.60. The van der Waals surface area contributed by atoms with Gasteiger partial charge in [-0.2, -0.15) is 0 Å². The number of anilines is 1. The summed E-state index contributed by atoms with van der Waals surface area (Å²) >= 11 is 6.22. The van der Waals surface area contributed by atoms with Crippen molar-refractivity contribution < 1.29 is 19.1 Å². The number of likely N-dealkylation sites (N-methyl/N-ethyl adjacent to an activating group) is 1. The molecule has 8 nitrogen and oxygen atoms in total. The van der Waals surface area contributed by atoms with Crippen molar-refractivity contribution in [3.05, 3.63) is 22.7 Å². The number of benzene rings is 1. The number of fused-ring (bicyclic) bond motifs is 1. The molecule has 0 radical (unpaired) electrons. The number of carbonyl (C=O) groups is 2. The topological polar surface area (TPSA) is 83.1 Å². The van der Waals surface area contributed by atoms with Crippen LogP contribution in [0.5, 0.6) is 5.75 Å². The Bertz CT molecular complexity index is 811. The molecule has 3 rings (SSSR count). The number of carbonyl (C=O) groups excluding carboxylic acids is 2. The lowest BCUT2D eigenvalue weighted by Crippen LogP contribution is -2.37. The van der Waals surface area contributed by atoms with Crippen LogP contribution >= 0.6 is 11.6 Å². The molecule has 1 aromatic carbocycles. The van der Waals surface area contributed by atoms with Crippen molar-refractivity contribution in [3.8, 4) is 5.75 Å². The van der Waals surface area contributed by atoms with Gasteiger partial charge in [0.2, 0.25) is 0 Å². The third-order valence-electron chi connectivity index (χ3n) is 5.38. The summed E-state index contributed by atoms with van der Waals surface area (Å²) in [5.41, 5.74) is 0.811. The molecule has 1 fully saturated rings. The van der Waals surface area contributed by atoms with E-state index in [1.54, 1.807) is 6.07 Å². The number of nitrogens with one attached hydrogen (secondary N) is 2. The van der Waals surface area contributed by atoms with Crippen LogP contribution in [0.1, 0.15) is 37.6 Å². The van der Waals surface area contributed by atoms with Gasteiger partial charge in [0.1, 0.15) is 12.2 Å². The minimum atomic E-state index is -0.493. The van der Waals surface area contributed by atoms with Crippen molar-refractivity contribution in [1.82, 2.24) is 15.5 Å². The normalized spacial score (nSPS) is 18.9. The summed E-state index contributed by atoms with van der Waals surface area (Å²) in [6.07, 6.45) is 0.627.